The van der Waals surface area contributed by atoms with Crippen LogP contribution < -0.4 is 0 Å². The summed E-state index contributed by atoms with van der Waals surface area (Å²) in [5.41, 5.74) is 0. The minimum atomic E-state index is -3.22. The summed E-state index contributed by atoms with van der Waals surface area (Å²) in [6, 6.07) is 0. The Morgan fingerprint density at radius 1 is 0.391 bits per heavy atom. The number of hydrogen-bond donors (Lipinski definition) is 0. The summed E-state index contributed by atoms with van der Waals surface area (Å²) in [5.74, 6) is 0. The molecule has 0 spiro atoms. The van der Waals surface area contributed by atoms with Crippen molar-refractivity contribution in [2.24, 2.45) is 0 Å². The Balaban J connectivity index is 5.12. The van der Waals surface area contributed by atoms with Crippen molar-refractivity contribution in [2.75, 3.05) is 42.7 Å². The molecule has 0 heterocycles. The maximum Gasteiger partial charge on any atom is 0.669 e. The molecule has 0 aromatic heterocycles. The molecule has 0 aliphatic carbocycles. The molecule has 140 valence electrons. The zero-order chi connectivity index (χ0) is 18.4. The molecule has 0 atom stereocenters. The van der Waals surface area contributed by atoms with Gasteiger partial charge in [0, 0.05) is 42.7 Å². The fraction of sp³-hybridized carbons (Fsp3) is 1.00. The highest BCUT2D eigenvalue weighted by Crippen LogP contribution is 2.25. The summed E-state index contributed by atoms with van der Waals surface area (Å²) in [5, 5.41) is 0. The van der Waals surface area contributed by atoms with Gasteiger partial charge in [0.05, 0.1) is 0 Å². The summed E-state index contributed by atoms with van der Waals surface area (Å²) in [7, 11) is -2.98. The Morgan fingerprint density at radius 2 is 0.609 bits per heavy atom. The van der Waals surface area contributed by atoms with Crippen molar-refractivity contribution in [1.82, 2.24) is 0 Å². The van der Waals surface area contributed by atoms with E-state index in [1.165, 1.54) is 42.7 Å². The van der Waals surface area contributed by atoms with Crippen LogP contribution in [0.25, 0.3) is 0 Å². The summed E-state index contributed by atoms with van der Waals surface area (Å²) in [6.45, 7) is 7.44. The standard InChI is InChI=1S/C10H30O9Si4/c1-11-22(12-2,13-3)18-20(7,8)17-21(9,10)19-23(14-4,15-5)16-6/h1-10H3. The van der Waals surface area contributed by atoms with E-state index >= 15 is 0 Å². The van der Waals surface area contributed by atoms with Gasteiger partial charge in [0.1, 0.15) is 0 Å². The van der Waals surface area contributed by atoms with Crippen molar-refractivity contribution in [3.63, 3.8) is 0 Å². The SMILES string of the molecule is CO[Si](OC)(OC)O[Si](C)(C)O[Si](C)(C)O[Si](OC)(OC)OC. The third-order valence-corrected chi connectivity index (χ3v) is 15.6. The molecule has 0 fully saturated rings. The Hall–Kier alpha value is 0.508. The molecule has 9 nitrogen and oxygen atoms in total. The molecule has 0 saturated carbocycles. The minimum Gasteiger partial charge on any atom is -0.416 e. The number of hydrogen-bond acceptors (Lipinski definition) is 9. The second kappa shape index (κ2) is 9.27. The van der Waals surface area contributed by atoms with Gasteiger partial charge in [0.25, 0.3) is 0 Å². The normalized spacial score (nSPS) is 14.3. The van der Waals surface area contributed by atoms with Crippen molar-refractivity contribution in [3.8, 4) is 0 Å². The molecule has 13 heteroatoms. The summed E-state index contributed by atoms with van der Waals surface area (Å²) in [6.07, 6.45) is 0. The smallest absolute Gasteiger partial charge is 0.416 e. The molecule has 0 unspecified atom stereocenters. The van der Waals surface area contributed by atoms with Crippen LogP contribution in [0.15, 0.2) is 0 Å². The third kappa shape index (κ3) is 7.10. The molecular formula is C10H30O9Si4. The molecule has 0 amide bonds. The van der Waals surface area contributed by atoms with Crippen LogP contribution in [0, 0.1) is 0 Å². The third-order valence-electron chi connectivity index (χ3n) is 2.73. The van der Waals surface area contributed by atoms with Crippen LogP contribution in [-0.4, -0.2) is 77.9 Å². The average Bonchev–Trinajstić information content (AvgIpc) is 2.49. The van der Waals surface area contributed by atoms with Crippen LogP contribution in [0.1, 0.15) is 0 Å². The molecule has 0 aliphatic heterocycles. The second-order valence-electron chi connectivity index (χ2n) is 5.33. The van der Waals surface area contributed by atoms with Gasteiger partial charge in [-0.3, -0.25) is 0 Å². The first-order valence-electron chi connectivity index (χ1n) is 6.90. The molecule has 0 radical (unpaired) electrons. The van der Waals surface area contributed by atoms with Crippen molar-refractivity contribution in [2.45, 2.75) is 26.2 Å². The van der Waals surface area contributed by atoms with Gasteiger partial charge in [-0.2, -0.15) is 0 Å². The van der Waals surface area contributed by atoms with E-state index in [1.54, 1.807) is 0 Å². The maximum atomic E-state index is 6.17. The largest absolute Gasteiger partial charge is 0.669 e. The van der Waals surface area contributed by atoms with Gasteiger partial charge >= 0.3 is 35.2 Å². The quantitative estimate of drug-likeness (QED) is 0.444. The van der Waals surface area contributed by atoms with E-state index < -0.39 is 35.2 Å². The van der Waals surface area contributed by atoms with Gasteiger partial charge < -0.3 is 38.9 Å². The fourth-order valence-corrected chi connectivity index (χ4v) is 15.6. The van der Waals surface area contributed by atoms with Gasteiger partial charge in [0.15, 0.2) is 0 Å². The van der Waals surface area contributed by atoms with E-state index in [9.17, 15) is 0 Å². The molecule has 0 rings (SSSR count). The highest BCUT2D eigenvalue weighted by Gasteiger charge is 2.54. The van der Waals surface area contributed by atoms with Gasteiger partial charge in [-0.1, -0.05) is 0 Å². The van der Waals surface area contributed by atoms with Crippen molar-refractivity contribution < 1.29 is 38.9 Å². The lowest BCUT2D eigenvalue weighted by Crippen LogP contribution is -2.61. The summed E-state index contributed by atoms with van der Waals surface area (Å²) >= 11 is 0. The topological polar surface area (TPSA) is 83.1 Å². The highest BCUT2D eigenvalue weighted by molar-refractivity contribution is 6.85. The van der Waals surface area contributed by atoms with Gasteiger partial charge in [-0.25, -0.2) is 0 Å². The zero-order valence-electron chi connectivity index (χ0n) is 15.7. The molecular weight excluding hydrogens is 376 g/mol. The summed E-state index contributed by atoms with van der Waals surface area (Å²) in [4.78, 5) is 0. The zero-order valence-corrected chi connectivity index (χ0v) is 19.7. The van der Waals surface area contributed by atoms with E-state index in [0.29, 0.717) is 0 Å². The van der Waals surface area contributed by atoms with Crippen LogP contribution in [-0.2, 0) is 38.9 Å². The molecule has 0 aromatic carbocycles. The first kappa shape index (κ1) is 23.5. The van der Waals surface area contributed by atoms with Gasteiger partial charge in [-0.05, 0) is 26.2 Å². The molecule has 0 aromatic rings. The predicted octanol–water partition coefficient (Wildman–Crippen LogP) is 1.19. The highest BCUT2D eigenvalue weighted by atomic mass is 28.5. The molecule has 23 heavy (non-hydrogen) atoms. The molecule has 0 saturated heterocycles. The second-order valence-corrected chi connectivity index (χ2v) is 17.8. The fourth-order valence-electron chi connectivity index (χ4n) is 1.99. The van der Waals surface area contributed by atoms with Crippen LogP contribution in [0.5, 0.6) is 0 Å². The predicted molar refractivity (Wildman–Crippen MR) is 91.8 cm³/mol. The number of rotatable bonds is 12. The van der Waals surface area contributed by atoms with E-state index in [2.05, 4.69) is 0 Å². The van der Waals surface area contributed by atoms with Crippen LogP contribution >= 0.6 is 0 Å². The van der Waals surface area contributed by atoms with Gasteiger partial charge in [-0.15, -0.1) is 0 Å². The monoisotopic (exact) mass is 406 g/mol. The van der Waals surface area contributed by atoms with Crippen molar-refractivity contribution >= 4 is 35.2 Å². The van der Waals surface area contributed by atoms with E-state index in [4.69, 9.17) is 38.9 Å². The van der Waals surface area contributed by atoms with Crippen molar-refractivity contribution in [1.29, 1.82) is 0 Å². The van der Waals surface area contributed by atoms with E-state index in [0.717, 1.165) is 0 Å². The van der Waals surface area contributed by atoms with Crippen LogP contribution in [0.4, 0.5) is 0 Å². The molecule has 0 N–H and O–H groups in total. The first-order chi connectivity index (χ1) is 10.5. The molecule has 0 bridgehead atoms. The first-order valence-corrected chi connectivity index (χ1v) is 15.8. The average molecular weight is 407 g/mol. The van der Waals surface area contributed by atoms with Crippen LogP contribution in [0.2, 0.25) is 26.2 Å². The summed E-state index contributed by atoms with van der Waals surface area (Å²) < 4.78 is 49.8. The Labute approximate surface area is 143 Å². The minimum absolute atomic E-state index is 1.47. The lowest BCUT2D eigenvalue weighted by molar-refractivity contribution is 0.0322. The Bertz CT molecular complexity index is 299. The lowest BCUT2D eigenvalue weighted by atomic mass is 11.8. The van der Waals surface area contributed by atoms with Crippen LogP contribution in [0.3, 0.4) is 0 Å². The maximum absolute atomic E-state index is 6.17. The van der Waals surface area contributed by atoms with Gasteiger partial charge in [0.2, 0.25) is 0 Å². The Kier molecular flexibility index (Phi) is 9.48. The van der Waals surface area contributed by atoms with Crippen molar-refractivity contribution in [3.05, 3.63) is 0 Å². The Morgan fingerprint density at radius 3 is 0.783 bits per heavy atom. The lowest BCUT2D eigenvalue weighted by Gasteiger charge is -2.38. The van der Waals surface area contributed by atoms with E-state index in [1.807, 2.05) is 26.2 Å². The van der Waals surface area contributed by atoms with E-state index in [-0.39, 0.29) is 0 Å². The molecule has 0 aliphatic rings.